The normalized spacial score (nSPS) is 10.4. The lowest BCUT2D eigenvalue weighted by atomic mass is 10.1. The maximum absolute atomic E-state index is 12.4. The number of furan rings is 1. The van der Waals surface area contributed by atoms with Crippen molar-refractivity contribution in [3.8, 4) is 11.3 Å². The van der Waals surface area contributed by atoms with Gasteiger partial charge in [-0.2, -0.15) is 0 Å². The van der Waals surface area contributed by atoms with Gasteiger partial charge in [0.2, 0.25) is 0 Å². The lowest BCUT2D eigenvalue weighted by Gasteiger charge is -2.06. The second kappa shape index (κ2) is 7.08. The lowest BCUT2D eigenvalue weighted by molar-refractivity contribution is -0.385. The molecule has 0 fully saturated rings. The van der Waals surface area contributed by atoms with Crippen LogP contribution in [0.25, 0.3) is 11.3 Å². The minimum atomic E-state index is -0.538. The van der Waals surface area contributed by atoms with Gasteiger partial charge in [-0.25, -0.2) is 0 Å². The molecule has 9 nitrogen and oxygen atoms in total. The first-order valence-electron chi connectivity index (χ1n) is 7.76. The molecule has 0 bridgehead atoms. The van der Waals surface area contributed by atoms with E-state index in [-0.39, 0.29) is 17.1 Å². The number of rotatable bonds is 5. The van der Waals surface area contributed by atoms with Crippen LogP contribution in [0.15, 0.2) is 59.0 Å². The second-order valence-electron chi connectivity index (χ2n) is 5.68. The van der Waals surface area contributed by atoms with Crippen LogP contribution in [0.4, 0.5) is 17.1 Å². The fraction of sp³-hybridized carbons (Fsp3) is 0.0556. The van der Waals surface area contributed by atoms with Crippen molar-refractivity contribution in [3.63, 3.8) is 0 Å². The molecule has 0 saturated heterocycles. The van der Waals surface area contributed by atoms with Crippen molar-refractivity contribution in [2.45, 2.75) is 6.92 Å². The van der Waals surface area contributed by atoms with Crippen LogP contribution in [0.5, 0.6) is 0 Å². The summed E-state index contributed by atoms with van der Waals surface area (Å²) in [5, 5.41) is 24.3. The predicted molar refractivity (Wildman–Crippen MR) is 96.6 cm³/mol. The Bertz CT molecular complexity index is 1060. The standard InChI is InChI=1S/C18H13N3O6/c1-11-9-14(21(25)26)5-6-15(11)19-18(22)17-8-7-16(27-17)12-3-2-4-13(10-12)20(23)24/h2-10H,1H3,(H,19,22). The summed E-state index contributed by atoms with van der Waals surface area (Å²) in [5.74, 6) is -0.220. The van der Waals surface area contributed by atoms with Crippen LogP contribution in [-0.2, 0) is 0 Å². The fourth-order valence-corrected chi connectivity index (χ4v) is 2.47. The molecule has 1 amide bonds. The number of nitro groups is 2. The van der Waals surface area contributed by atoms with Gasteiger partial charge in [-0.3, -0.25) is 25.0 Å². The van der Waals surface area contributed by atoms with Gasteiger partial charge < -0.3 is 9.73 Å². The van der Waals surface area contributed by atoms with Gasteiger partial charge in [-0.15, -0.1) is 0 Å². The number of hydrogen-bond acceptors (Lipinski definition) is 6. The zero-order valence-corrected chi connectivity index (χ0v) is 14.0. The van der Waals surface area contributed by atoms with E-state index in [2.05, 4.69) is 5.32 Å². The molecule has 1 aromatic heterocycles. The molecule has 0 aliphatic rings. The minimum absolute atomic E-state index is 0.00857. The smallest absolute Gasteiger partial charge is 0.291 e. The molecule has 0 radical (unpaired) electrons. The average Bonchev–Trinajstić information content (AvgIpc) is 3.13. The molecule has 1 N–H and O–H groups in total. The van der Waals surface area contributed by atoms with E-state index in [9.17, 15) is 25.0 Å². The predicted octanol–water partition coefficient (Wildman–Crippen LogP) is 4.32. The van der Waals surface area contributed by atoms with E-state index in [1.165, 1.54) is 48.5 Å². The van der Waals surface area contributed by atoms with Gasteiger partial charge in [-0.05, 0) is 30.7 Å². The molecule has 1 heterocycles. The van der Waals surface area contributed by atoms with E-state index in [1.54, 1.807) is 13.0 Å². The third kappa shape index (κ3) is 3.82. The zero-order valence-electron chi connectivity index (χ0n) is 14.0. The first kappa shape index (κ1) is 17.8. The van der Waals surface area contributed by atoms with E-state index < -0.39 is 15.8 Å². The van der Waals surface area contributed by atoms with Crippen molar-refractivity contribution < 1.29 is 19.1 Å². The molecule has 27 heavy (non-hydrogen) atoms. The topological polar surface area (TPSA) is 129 Å². The number of nitrogens with zero attached hydrogens (tertiary/aromatic N) is 2. The molecule has 0 spiro atoms. The molecule has 0 saturated carbocycles. The maximum atomic E-state index is 12.4. The number of nitro benzene ring substituents is 2. The second-order valence-corrected chi connectivity index (χ2v) is 5.68. The number of hydrogen-bond donors (Lipinski definition) is 1. The van der Waals surface area contributed by atoms with Crippen LogP contribution in [0.3, 0.4) is 0 Å². The van der Waals surface area contributed by atoms with E-state index in [1.807, 2.05) is 0 Å². The van der Waals surface area contributed by atoms with Gasteiger partial charge in [0, 0.05) is 35.5 Å². The Kier molecular flexibility index (Phi) is 4.67. The summed E-state index contributed by atoms with van der Waals surface area (Å²) < 4.78 is 5.50. The highest BCUT2D eigenvalue weighted by Crippen LogP contribution is 2.27. The van der Waals surface area contributed by atoms with Crippen molar-refractivity contribution in [2.75, 3.05) is 5.32 Å². The Morgan fingerprint density at radius 1 is 0.963 bits per heavy atom. The molecule has 3 aromatic rings. The van der Waals surface area contributed by atoms with Crippen LogP contribution in [0.2, 0.25) is 0 Å². The average molecular weight is 367 g/mol. The van der Waals surface area contributed by atoms with E-state index in [0.717, 1.165) is 0 Å². The summed E-state index contributed by atoms with van der Waals surface area (Å²) in [5.41, 5.74) is 1.25. The lowest BCUT2D eigenvalue weighted by Crippen LogP contribution is -2.11. The Balaban J connectivity index is 1.80. The van der Waals surface area contributed by atoms with Crippen molar-refractivity contribution in [1.82, 2.24) is 0 Å². The fourth-order valence-electron chi connectivity index (χ4n) is 2.47. The van der Waals surface area contributed by atoms with Crippen LogP contribution in [-0.4, -0.2) is 15.8 Å². The van der Waals surface area contributed by atoms with Crippen LogP contribution in [0.1, 0.15) is 16.1 Å². The summed E-state index contributed by atoms with van der Waals surface area (Å²) in [6, 6.07) is 12.9. The maximum Gasteiger partial charge on any atom is 0.291 e. The van der Waals surface area contributed by atoms with Gasteiger partial charge in [0.15, 0.2) is 5.76 Å². The zero-order chi connectivity index (χ0) is 19.6. The monoisotopic (exact) mass is 367 g/mol. The summed E-state index contributed by atoms with van der Waals surface area (Å²) in [4.78, 5) is 33.0. The SMILES string of the molecule is Cc1cc([N+](=O)[O-])ccc1NC(=O)c1ccc(-c2cccc([N+](=O)[O-])c2)o1. The third-order valence-electron chi connectivity index (χ3n) is 3.84. The molecule has 2 aromatic carbocycles. The molecular weight excluding hydrogens is 354 g/mol. The van der Waals surface area contributed by atoms with Gasteiger partial charge in [-0.1, -0.05) is 12.1 Å². The van der Waals surface area contributed by atoms with Crippen molar-refractivity contribution in [1.29, 1.82) is 0 Å². The summed E-state index contributed by atoms with van der Waals surface area (Å²) in [6.45, 7) is 1.64. The number of carbonyl (C=O) groups excluding carboxylic acids is 1. The molecule has 0 atom stereocenters. The minimum Gasteiger partial charge on any atom is -0.451 e. The summed E-state index contributed by atoms with van der Waals surface area (Å²) >= 11 is 0. The van der Waals surface area contributed by atoms with E-state index in [0.29, 0.717) is 22.6 Å². The Labute approximate surface area is 152 Å². The van der Waals surface area contributed by atoms with Crippen LogP contribution >= 0.6 is 0 Å². The highest BCUT2D eigenvalue weighted by atomic mass is 16.6. The summed E-state index contributed by atoms with van der Waals surface area (Å²) in [7, 11) is 0. The number of nitrogens with one attached hydrogen (secondary N) is 1. The van der Waals surface area contributed by atoms with E-state index >= 15 is 0 Å². The molecular formula is C18H13N3O6. The Morgan fingerprint density at radius 2 is 1.67 bits per heavy atom. The molecule has 3 rings (SSSR count). The first-order valence-corrected chi connectivity index (χ1v) is 7.76. The number of non-ortho nitro benzene ring substituents is 2. The molecule has 0 aliphatic heterocycles. The van der Waals surface area contributed by atoms with Crippen LogP contribution in [0, 0.1) is 27.2 Å². The molecule has 0 unspecified atom stereocenters. The Morgan fingerprint density at radius 3 is 2.33 bits per heavy atom. The highest BCUT2D eigenvalue weighted by molar-refractivity contribution is 6.03. The van der Waals surface area contributed by atoms with Crippen molar-refractivity contribution >= 4 is 23.0 Å². The molecule has 136 valence electrons. The molecule has 0 aliphatic carbocycles. The van der Waals surface area contributed by atoms with Crippen molar-refractivity contribution in [3.05, 3.63) is 86.1 Å². The third-order valence-corrected chi connectivity index (χ3v) is 3.84. The Hall–Kier alpha value is -4.01. The van der Waals surface area contributed by atoms with Crippen molar-refractivity contribution in [2.24, 2.45) is 0 Å². The number of anilines is 1. The first-order chi connectivity index (χ1) is 12.8. The largest absolute Gasteiger partial charge is 0.451 e. The van der Waals surface area contributed by atoms with Gasteiger partial charge in [0.25, 0.3) is 17.3 Å². The number of amides is 1. The van der Waals surface area contributed by atoms with E-state index in [4.69, 9.17) is 4.42 Å². The van der Waals surface area contributed by atoms with Gasteiger partial charge >= 0.3 is 0 Å². The highest BCUT2D eigenvalue weighted by Gasteiger charge is 2.16. The quantitative estimate of drug-likeness (QED) is 0.528. The molecule has 9 heteroatoms. The van der Waals surface area contributed by atoms with Gasteiger partial charge in [0.05, 0.1) is 9.85 Å². The summed E-state index contributed by atoms with van der Waals surface area (Å²) in [6.07, 6.45) is 0. The van der Waals surface area contributed by atoms with Gasteiger partial charge in [0.1, 0.15) is 5.76 Å². The number of benzene rings is 2. The number of aryl methyl sites for hydroxylation is 1. The van der Waals surface area contributed by atoms with Crippen LogP contribution < -0.4 is 5.32 Å². The number of carbonyl (C=O) groups is 1.